The molecule has 39 heavy (non-hydrogen) atoms. The van der Waals surface area contributed by atoms with E-state index in [1.165, 1.54) is 11.3 Å². The first kappa shape index (κ1) is 24.7. The maximum absolute atomic E-state index is 14.0. The molecule has 196 valence electrons. The number of fused-ring (bicyclic) bond motifs is 2. The summed E-state index contributed by atoms with van der Waals surface area (Å²) in [6, 6.07) is 21.5. The number of hydrogen-bond acceptors (Lipinski definition) is 8. The normalized spacial score (nSPS) is 16.1. The quantitative estimate of drug-likeness (QED) is 0.347. The highest BCUT2D eigenvalue weighted by molar-refractivity contribution is 7.07. The molecule has 0 radical (unpaired) electrons. The summed E-state index contributed by atoms with van der Waals surface area (Å²) in [5.41, 5.74) is 2.72. The van der Waals surface area contributed by atoms with Crippen LogP contribution >= 0.6 is 11.3 Å². The Kier molecular flexibility index (Phi) is 6.50. The van der Waals surface area contributed by atoms with Gasteiger partial charge in [0.15, 0.2) is 16.3 Å². The fourth-order valence-electron chi connectivity index (χ4n) is 4.72. The van der Waals surface area contributed by atoms with Crippen molar-refractivity contribution in [3.8, 4) is 17.2 Å². The van der Waals surface area contributed by atoms with E-state index in [1.54, 1.807) is 36.8 Å². The van der Waals surface area contributed by atoms with Crippen LogP contribution in [-0.2, 0) is 9.53 Å². The summed E-state index contributed by atoms with van der Waals surface area (Å²) in [5.74, 6) is 1.30. The Morgan fingerprint density at radius 2 is 1.90 bits per heavy atom. The van der Waals surface area contributed by atoms with E-state index in [2.05, 4.69) is 0 Å². The van der Waals surface area contributed by atoms with Gasteiger partial charge < -0.3 is 18.9 Å². The van der Waals surface area contributed by atoms with E-state index in [1.807, 2.05) is 60.7 Å². The van der Waals surface area contributed by atoms with Gasteiger partial charge in [0, 0.05) is 5.56 Å². The van der Waals surface area contributed by atoms with Gasteiger partial charge in [-0.05, 0) is 48.4 Å². The molecule has 9 heteroatoms. The zero-order valence-corrected chi connectivity index (χ0v) is 22.1. The number of rotatable bonds is 6. The highest BCUT2D eigenvalue weighted by Gasteiger charge is 2.36. The number of methoxy groups -OCH3 is 1. The largest absolute Gasteiger partial charge is 0.497 e. The van der Waals surface area contributed by atoms with E-state index in [9.17, 15) is 9.59 Å². The van der Waals surface area contributed by atoms with Gasteiger partial charge in [-0.3, -0.25) is 9.36 Å². The number of ether oxygens (including phenoxy) is 4. The second-order valence-corrected chi connectivity index (χ2v) is 9.83. The molecule has 1 unspecified atom stereocenters. The molecule has 0 saturated heterocycles. The fraction of sp³-hybridized carbons (Fsp3) is 0.167. The van der Waals surface area contributed by atoms with Crippen molar-refractivity contribution in [1.82, 2.24) is 4.57 Å². The number of carbonyl (C=O) groups excluding carboxylic acids is 1. The maximum Gasteiger partial charge on any atom is 0.338 e. The molecule has 6 rings (SSSR count). The van der Waals surface area contributed by atoms with Crippen molar-refractivity contribution < 1.29 is 23.7 Å². The van der Waals surface area contributed by atoms with Crippen LogP contribution in [0.25, 0.3) is 11.8 Å². The van der Waals surface area contributed by atoms with Crippen molar-refractivity contribution in [2.75, 3.05) is 20.5 Å². The van der Waals surface area contributed by atoms with Gasteiger partial charge in [-0.25, -0.2) is 9.79 Å². The van der Waals surface area contributed by atoms with Gasteiger partial charge in [-0.2, -0.15) is 0 Å². The number of thiazole rings is 1. The van der Waals surface area contributed by atoms with Crippen molar-refractivity contribution in [3.63, 3.8) is 0 Å². The summed E-state index contributed by atoms with van der Waals surface area (Å²) in [4.78, 5) is 32.9. The summed E-state index contributed by atoms with van der Waals surface area (Å²) < 4.78 is 24.0. The van der Waals surface area contributed by atoms with Gasteiger partial charge in [0.05, 0.1) is 35.6 Å². The maximum atomic E-state index is 14.0. The zero-order chi connectivity index (χ0) is 26.9. The molecule has 0 amide bonds. The number of nitrogens with zero attached hydrogens (tertiary/aromatic N) is 2. The van der Waals surface area contributed by atoms with Crippen molar-refractivity contribution in [2.24, 2.45) is 4.99 Å². The van der Waals surface area contributed by atoms with E-state index in [0.717, 1.165) is 11.1 Å². The van der Waals surface area contributed by atoms with Crippen molar-refractivity contribution in [1.29, 1.82) is 0 Å². The minimum atomic E-state index is -0.794. The molecular formula is C30H24N2O6S. The van der Waals surface area contributed by atoms with Crippen molar-refractivity contribution >= 4 is 29.1 Å². The number of aromatic nitrogens is 1. The highest BCUT2D eigenvalue weighted by Crippen LogP contribution is 2.40. The van der Waals surface area contributed by atoms with Crippen LogP contribution in [0.1, 0.15) is 29.7 Å². The SMILES string of the molecule is CCOC(=O)C1=C(c2ccccc2)N=c2s/c(=C\c3cccc(OC)c3)c(=O)n2C1c1ccc2c(c1)OCO2. The van der Waals surface area contributed by atoms with Crippen LogP contribution in [0.15, 0.2) is 88.2 Å². The standard InChI is InChI=1S/C30H24N2O6S/c1-3-36-29(34)25-26(19-9-5-4-6-10-19)31-30-32(27(25)20-12-13-22-23(16-20)38-17-37-22)28(33)24(39-30)15-18-8-7-11-21(14-18)35-2/h4-16,27H,3,17H2,1-2H3/b24-15-. The topological polar surface area (TPSA) is 88.4 Å². The molecule has 1 aromatic heterocycles. The Balaban J connectivity index is 1.64. The van der Waals surface area contributed by atoms with E-state index < -0.39 is 12.0 Å². The summed E-state index contributed by atoms with van der Waals surface area (Å²) in [5, 5.41) is 0. The lowest BCUT2D eigenvalue weighted by atomic mass is 9.93. The van der Waals surface area contributed by atoms with Gasteiger partial charge in [-0.15, -0.1) is 0 Å². The number of benzene rings is 3. The third kappa shape index (κ3) is 4.51. The molecule has 0 aliphatic carbocycles. The van der Waals surface area contributed by atoms with Gasteiger partial charge in [-0.1, -0.05) is 59.9 Å². The average molecular weight is 541 g/mol. The predicted molar refractivity (Wildman–Crippen MR) is 147 cm³/mol. The lowest BCUT2D eigenvalue weighted by Gasteiger charge is -2.26. The first-order chi connectivity index (χ1) is 19.1. The van der Waals surface area contributed by atoms with E-state index >= 15 is 0 Å². The Labute approximate surface area is 227 Å². The summed E-state index contributed by atoms with van der Waals surface area (Å²) in [6.07, 6.45) is 1.80. The monoisotopic (exact) mass is 540 g/mol. The summed E-state index contributed by atoms with van der Waals surface area (Å²) in [7, 11) is 1.60. The lowest BCUT2D eigenvalue weighted by molar-refractivity contribution is -0.138. The van der Waals surface area contributed by atoms with Crippen LogP contribution in [0, 0.1) is 0 Å². The van der Waals surface area contributed by atoms with Gasteiger partial charge in [0.2, 0.25) is 6.79 Å². The number of hydrogen-bond donors (Lipinski definition) is 0. The second kappa shape index (κ2) is 10.3. The van der Waals surface area contributed by atoms with Crippen LogP contribution < -0.4 is 29.1 Å². The third-order valence-electron chi connectivity index (χ3n) is 6.48. The molecule has 1 atom stereocenters. The molecule has 0 fully saturated rings. The van der Waals surface area contributed by atoms with Crippen molar-refractivity contribution in [3.05, 3.63) is 115 Å². The smallest absolute Gasteiger partial charge is 0.338 e. The Morgan fingerprint density at radius 1 is 1.08 bits per heavy atom. The summed E-state index contributed by atoms with van der Waals surface area (Å²) in [6.45, 7) is 2.04. The van der Waals surface area contributed by atoms with E-state index in [4.69, 9.17) is 23.9 Å². The van der Waals surface area contributed by atoms with Gasteiger partial charge in [0.25, 0.3) is 5.56 Å². The molecule has 0 N–H and O–H groups in total. The van der Waals surface area contributed by atoms with Crippen LogP contribution in [0.2, 0.25) is 0 Å². The molecule has 2 aliphatic heterocycles. The molecule has 0 saturated carbocycles. The molecule has 8 nitrogen and oxygen atoms in total. The Bertz CT molecular complexity index is 1790. The molecule has 3 aromatic carbocycles. The minimum absolute atomic E-state index is 0.109. The Hall–Kier alpha value is -4.63. The molecule has 0 spiro atoms. The first-order valence-corrected chi connectivity index (χ1v) is 13.2. The van der Waals surface area contributed by atoms with Crippen LogP contribution in [0.4, 0.5) is 0 Å². The van der Waals surface area contributed by atoms with Crippen molar-refractivity contribution in [2.45, 2.75) is 13.0 Å². The third-order valence-corrected chi connectivity index (χ3v) is 7.46. The van der Waals surface area contributed by atoms with Crippen LogP contribution in [-0.4, -0.2) is 31.0 Å². The average Bonchev–Trinajstić information content (AvgIpc) is 3.56. The number of carbonyl (C=O) groups is 1. The molecule has 2 aliphatic rings. The first-order valence-electron chi connectivity index (χ1n) is 12.4. The van der Waals surface area contributed by atoms with Gasteiger partial charge in [0.1, 0.15) is 5.75 Å². The van der Waals surface area contributed by atoms with E-state index in [-0.39, 0.29) is 24.5 Å². The fourth-order valence-corrected chi connectivity index (χ4v) is 5.72. The summed E-state index contributed by atoms with van der Waals surface area (Å²) >= 11 is 1.26. The second-order valence-electron chi connectivity index (χ2n) is 8.82. The molecular weight excluding hydrogens is 516 g/mol. The lowest BCUT2D eigenvalue weighted by Crippen LogP contribution is -2.40. The van der Waals surface area contributed by atoms with Gasteiger partial charge >= 0.3 is 5.97 Å². The number of esters is 1. The molecule has 3 heterocycles. The zero-order valence-electron chi connectivity index (χ0n) is 21.2. The molecule has 4 aromatic rings. The highest BCUT2D eigenvalue weighted by atomic mass is 32.1. The molecule has 0 bridgehead atoms. The van der Waals surface area contributed by atoms with Crippen LogP contribution in [0.5, 0.6) is 17.2 Å². The minimum Gasteiger partial charge on any atom is -0.497 e. The van der Waals surface area contributed by atoms with Crippen LogP contribution in [0.3, 0.4) is 0 Å². The predicted octanol–water partition coefficient (Wildman–Crippen LogP) is 3.67. The van der Waals surface area contributed by atoms with E-state index in [0.29, 0.717) is 37.8 Å². The Morgan fingerprint density at radius 3 is 2.69 bits per heavy atom.